The molecule has 0 fully saturated rings. The SMILES string of the molecule is CC(Br)C(=O)c1cc([N+](=O)[O-])ccc1C=O. The van der Waals surface area contributed by atoms with Crippen molar-refractivity contribution in [1.29, 1.82) is 0 Å². The highest BCUT2D eigenvalue weighted by atomic mass is 79.9. The molecule has 0 bridgehead atoms. The first-order valence-electron chi connectivity index (χ1n) is 4.39. The molecule has 0 amide bonds. The van der Waals surface area contributed by atoms with E-state index < -0.39 is 9.75 Å². The molecule has 0 saturated heterocycles. The summed E-state index contributed by atoms with van der Waals surface area (Å²) in [5, 5.41) is 10.5. The first kappa shape index (κ1) is 12.5. The van der Waals surface area contributed by atoms with Crippen molar-refractivity contribution in [2.24, 2.45) is 0 Å². The molecule has 0 aliphatic carbocycles. The van der Waals surface area contributed by atoms with Crippen LogP contribution in [0.15, 0.2) is 18.2 Å². The van der Waals surface area contributed by atoms with Crippen LogP contribution in [0.5, 0.6) is 0 Å². The quantitative estimate of drug-likeness (QED) is 0.280. The molecule has 0 spiro atoms. The molecule has 1 atom stereocenters. The van der Waals surface area contributed by atoms with Crippen LogP contribution in [0.2, 0.25) is 0 Å². The minimum atomic E-state index is -0.607. The predicted octanol–water partition coefficient (Wildman–Crippen LogP) is 2.37. The molecule has 1 aromatic carbocycles. The first-order valence-corrected chi connectivity index (χ1v) is 5.31. The summed E-state index contributed by atoms with van der Waals surface area (Å²) < 4.78 is 0. The number of nitro benzene ring substituents is 1. The number of benzene rings is 1. The molecule has 0 aliphatic rings. The summed E-state index contributed by atoms with van der Waals surface area (Å²) in [6.45, 7) is 1.59. The van der Waals surface area contributed by atoms with Gasteiger partial charge in [0, 0.05) is 23.3 Å². The molecule has 1 aromatic rings. The fraction of sp³-hybridized carbons (Fsp3) is 0.200. The maximum Gasteiger partial charge on any atom is 0.270 e. The van der Waals surface area contributed by atoms with E-state index in [1.54, 1.807) is 6.92 Å². The maximum atomic E-state index is 11.7. The van der Waals surface area contributed by atoms with Gasteiger partial charge >= 0.3 is 0 Å². The van der Waals surface area contributed by atoms with E-state index >= 15 is 0 Å². The fourth-order valence-corrected chi connectivity index (χ4v) is 1.43. The van der Waals surface area contributed by atoms with E-state index in [0.717, 1.165) is 6.07 Å². The van der Waals surface area contributed by atoms with Gasteiger partial charge in [0.2, 0.25) is 0 Å². The largest absolute Gasteiger partial charge is 0.298 e. The summed E-state index contributed by atoms with van der Waals surface area (Å²) in [5.41, 5.74) is 0.0116. The third kappa shape index (κ3) is 2.52. The average Bonchev–Trinajstić information content (AvgIpc) is 2.26. The molecule has 6 heteroatoms. The van der Waals surface area contributed by atoms with E-state index in [-0.39, 0.29) is 22.6 Å². The molecule has 0 heterocycles. The first-order chi connectivity index (χ1) is 7.47. The Balaban J connectivity index is 3.33. The Bertz CT molecular complexity index is 456. The number of carbonyl (C=O) groups is 2. The Hall–Kier alpha value is -1.56. The molecular weight excluding hydrogens is 278 g/mol. The van der Waals surface area contributed by atoms with Crippen molar-refractivity contribution in [1.82, 2.24) is 0 Å². The monoisotopic (exact) mass is 285 g/mol. The molecule has 0 aromatic heterocycles. The zero-order valence-corrected chi connectivity index (χ0v) is 9.93. The highest BCUT2D eigenvalue weighted by molar-refractivity contribution is 9.10. The van der Waals surface area contributed by atoms with Crippen molar-refractivity contribution in [3.8, 4) is 0 Å². The van der Waals surface area contributed by atoms with Gasteiger partial charge in [0.15, 0.2) is 12.1 Å². The number of hydrogen-bond acceptors (Lipinski definition) is 4. The fourth-order valence-electron chi connectivity index (χ4n) is 1.19. The Morgan fingerprint density at radius 2 is 2.19 bits per heavy atom. The zero-order chi connectivity index (χ0) is 12.3. The number of rotatable bonds is 4. The zero-order valence-electron chi connectivity index (χ0n) is 8.34. The van der Waals surface area contributed by atoms with Crippen LogP contribution in [-0.4, -0.2) is 21.8 Å². The molecule has 84 valence electrons. The summed E-state index contributed by atoms with van der Waals surface area (Å²) in [4.78, 5) is 31.8. The van der Waals surface area contributed by atoms with Crippen molar-refractivity contribution < 1.29 is 14.5 Å². The summed E-state index contributed by atoms with van der Waals surface area (Å²) in [6, 6.07) is 3.58. The van der Waals surface area contributed by atoms with Gasteiger partial charge in [-0.15, -0.1) is 0 Å². The molecule has 5 nitrogen and oxygen atoms in total. The molecule has 0 N–H and O–H groups in total. The third-order valence-electron chi connectivity index (χ3n) is 2.00. The number of nitrogens with zero attached hydrogens (tertiary/aromatic N) is 1. The van der Waals surface area contributed by atoms with E-state index in [4.69, 9.17) is 0 Å². The van der Waals surface area contributed by atoms with E-state index in [1.165, 1.54) is 12.1 Å². The predicted molar refractivity (Wildman–Crippen MR) is 61.2 cm³/mol. The molecule has 0 aliphatic heterocycles. The number of nitro groups is 1. The Labute approximate surface area is 99.7 Å². The van der Waals surface area contributed by atoms with Crippen LogP contribution < -0.4 is 0 Å². The minimum Gasteiger partial charge on any atom is -0.298 e. The van der Waals surface area contributed by atoms with Crippen LogP contribution in [-0.2, 0) is 0 Å². The number of alkyl halides is 1. The number of hydrogen-bond donors (Lipinski definition) is 0. The molecule has 16 heavy (non-hydrogen) atoms. The lowest BCUT2D eigenvalue weighted by molar-refractivity contribution is -0.384. The van der Waals surface area contributed by atoms with Crippen LogP contribution in [0.25, 0.3) is 0 Å². The Morgan fingerprint density at radius 3 is 2.62 bits per heavy atom. The van der Waals surface area contributed by atoms with E-state index in [0.29, 0.717) is 6.29 Å². The van der Waals surface area contributed by atoms with Gasteiger partial charge in [0.1, 0.15) is 0 Å². The van der Waals surface area contributed by atoms with Crippen molar-refractivity contribution in [2.75, 3.05) is 0 Å². The van der Waals surface area contributed by atoms with Gasteiger partial charge in [0.05, 0.1) is 9.75 Å². The lowest BCUT2D eigenvalue weighted by Crippen LogP contribution is -2.12. The third-order valence-corrected chi connectivity index (χ3v) is 2.42. The summed E-state index contributed by atoms with van der Waals surface area (Å²) in [6.07, 6.45) is 0.506. The molecular formula is C10H8BrNO4. The van der Waals surface area contributed by atoms with Crippen molar-refractivity contribution in [3.63, 3.8) is 0 Å². The summed E-state index contributed by atoms with van der Waals surface area (Å²) in [5.74, 6) is -0.356. The van der Waals surface area contributed by atoms with Gasteiger partial charge in [-0.05, 0) is 13.0 Å². The van der Waals surface area contributed by atoms with Crippen LogP contribution in [0.4, 0.5) is 5.69 Å². The number of ketones is 1. The van der Waals surface area contributed by atoms with Crippen molar-refractivity contribution in [2.45, 2.75) is 11.8 Å². The second kappa shape index (κ2) is 4.98. The maximum absolute atomic E-state index is 11.7. The standard InChI is InChI=1S/C10H8BrNO4/c1-6(11)10(14)9-4-8(12(15)16)3-2-7(9)5-13/h2-6H,1H3. The normalized spacial score (nSPS) is 11.9. The highest BCUT2D eigenvalue weighted by Crippen LogP contribution is 2.20. The smallest absolute Gasteiger partial charge is 0.270 e. The number of Topliss-reactive ketones (excluding diaryl/α,β-unsaturated/α-hetero) is 1. The van der Waals surface area contributed by atoms with Crippen LogP contribution in [0.3, 0.4) is 0 Å². The molecule has 1 rings (SSSR count). The average molecular weight is 286 g/mol. The lowest BCUT2D eigenvalue weighted by atomic mass is 10.0. The second-order valence-corrected chi connectivity index (χ2v) is 4.50. The Kier molecular flexibility index (Phi) is 3.89. The van der Waals surface area contributed by atoms with Crippen LogP contribution >= 0.6 is 15.9 Å². The molecule has 0 radical (unpaired) electrons. The minimum absolute atomic E-state index is 0.0635. The van der Waals surface area contributed by atoms with E-state index in [1.807, 2.05) is 0 Å². The van der Waals surface area contributed by atoms with Crippen LogP contribution in [0.1, 0.15) is 27.6 Å². The highest BCUT2D eigenvalue weighted by Gasteiger charge is 2.19. The second-order valence-electron chi connectivity index (χ2n) is 3.13. The van der Waals surface area contributed by atoms with Crippen molar-refractivity contribution in [3.05, 3.63) is 39.4 Å². The number of aldehydes is 1. The van der Waals surface area contributed by atoms with Gasteiger partial charge in [-0.1, -0.05) is 15.9 Å². The summed E-state index contributed by atoms with van der Waals surface area (Å²) in [7, 11) is 0. The van der Waals surface area contributed by atoms with Gasteiger partial charge in [-0.2, -0.15) is 0 Å². The van der Waals surface area contributed by atoms with Gasteiger partial charge in [-0.25, -0.2) is 0 Å². The van der Waals surface area contributed by atoms with E-state index in [2.05, 4.69) is 15.9 Å². The topological polar surface area (TPSA) is 77.3 Å². The molecule has 1 unspecified atom stereocenters. The Morgan fingerprint density at radius 1 is 1.56 bits per heavy atom. The van der Waals surface area contributed by atoms with Gasteiger partial charge in [-0.3, -0.25) is 19.7 Å². The number of halogens is 1. The molecule has 0 saturated carbocycles. The van der Waals surface area contributed by atoms with Crippen LogP contribution in [0, 0.1) is 10.1 Å². The van der Waals surface area contributed by atoms with Gasteiger partial charge < -0.3 is 0 Å². The number of carbonyl (C=O) groups excluding carboxylic acids is 2. The lowest BCUT2D eigenvalue weighted by Gasteiger charge is -2.05. The van der Waals surface area contributed by atoms with E-state index in [9.17, 15) is 19.7 Å². The van der Waals surface area contributed by atoms with Crippen molar-refractivity contribution >= 4 is 33.7 Å². The number of non-ortho nitro benzene ring substituents is 1. The van der Waals surface area contributed by atoms with Gasteiger partial charge in [0.25, 0.3) is 5.69 Å². The summed E-state index contributed by atoms with van der Waals surface area (Å²) >= 11 is 3.07.